The molecule has 118 valence electrons. The molecule has 0 spiro atoms. The number of rotatable bonds is 9. The van der Waals surface area contributed by atoms with Crippen molar-refractivity contribution in [3.63, 3.8) is 0 Å². The van der Waals surface area contributed by atoms with Crippen LogP contribution in [0.3, 0.4) is 0 Å². The zero-order valence-electron chi connectivity index (χ0n) is 12.9. The first-order valence-corrected chi connectivity index (χ1v) is 8.23. The Kier molecular flexibility index (Phi) is 6.33. The van der Waals surface area contributed by atoms with E-state index in [1.165, 1.54) is 18.4 Å². The Morgan fingerprint density at radius 3 is 2.67 bits per heavy atom. The highest BCUT2D eigenvalue weighted by molar-refractivity contribution is 9.10. The molecule has 0 radical (unpaired) electrons. The third-order valence-corrected chi connectivity index (χ3v) is 3.83. The summed E-state index contributed by atoms with van der Waals surface area (Å²) in [6.07, 6.45) is 2.79. The monoisotopic (exact) mass is 357 g/mol. The first-order valence-electron chi connectivity index (χ1n) is 7.44. The van der Waals surface area contributed by atoms with Gasteiger partial charge in [0.25, 0.3) is 0 Å². The zero-order chi connectivity index (χ0) is 15.2. The van der Waals surface area contributed by atoms with Gasteiger partial charge in [0.05, 0.1) is 24.3 Å². The lowest BCUT2D eigenvalue weighted by Gasteiger charge is -2.15. The Labute approximate surface area is 135 Å². The second kappa shape index (κ2) is 8.01. The van der Waals surface area contributed by atoms with Gasteiger partial charge in [0.1, 0.15) is 6.61 Å². The van der Waals surface area contributed by atoms with Crippen molar-refractivity contribution in [1.29, 1.82) is 0 Å². The van der Waals surface area contributed by atoms with Crippen LogP contribution >= 0.6 is 15.9 Å². The highest BCUT2D eigenvalue weighted by Gasteiger charge is 2.20. The van der Waals surface area contributed by atoms with Crippen LogP contribution in [-0.4, -0.2) is 32.5 Å². The smallest absolute Gasteiger partial charge is 0.175 e. The average Bonchev–Trinajstić information content (AvgIpc) is 3.26. The third kappa shape index (κ3) is 5.49. The van der Waals surface area contributed by atoms with Gasteiger partial charge in [-0.05, 0) is 60.3 Å². The third-order valence-electron chi connectivity index (χ3n) is 3.24. The minimum absolute atomic E-state index is 0.217. The minimum atomic E-state index is 0.217. The highest BCUT2D eigenvalue weighted by Crippen LogP contribution is 2.36. The van der Waals surface area contributed by atoms with Crippen molar-refractivity contribution in [2.45, 2.75) is 45.4 Å². The van der Waals surface area contributed by atoms with Crippen LogP contribution in [0.25, 0.3) is 0 Å². The Hall–Kier alpha value is -0.780. The molecule has 0 amide bonds. The predicted octanol–water partition coefficient (Wildman–Crippen LogP) is 3.51. The number of methoxy groups -OCH3 is 1. The van der Waals surface area contributed by atoms with E-state index in [1.807, 2.05) is 19.9 Å². The molecule has 1 aromatic rings. The molecule has 1 saturated carbocycles. The minimum Gasteiger partial charge on any atom is -0.493 e. The first kappa shape index (κ1) is 16.6. The number of nitrogens with one attached hydrogen (secondary N) is 1. The molecule has 0 unspecified atom stereocenters. The number of benzene rings is 1. The molecule has 1 aliphatic rings. The summed E-state index contributed by atoms with van der Waals surface area (Å²) in [5.74, 6) is 1.49. The van der Waals surface area contributed by atoms with E-state index >= 15 is 0 Å². The molecule has 0 saturated heterocycles. The van der Waals surface area contributed by atoms with E-state index in [4.69, 9.17) is 14.2 Å². The van der Waals surface area contributed by atoms with Gasteiger partial charge in [-0.25, -0.2) is 0 Å². The summed E-state index contributed by atoms with van der Waals surface area (Å²) in [5.41, 5.74) is 1.19. The largest absolute Gasteiger partial charge is 0.493 e. The van der Waals surface area contributed by atoms with E-state index < -0.39 is 0 Å². The van der Waals surface area contributed by atoms with Gasteiger partial charge in [-0.15, -0.1) is 0 Å². The van der Waals surface area contributed by atoms with Crippen molar-refractivity contribution < 1.29 is 14.2 Å². The van der Waals surface area contributed by atoms with Crippen molar-refractivity contribution >= 4 is 15.9 Å². The van der Waals surface area contributed by atoms with Crippen LogP contribution in [0, 0.1) is 0 Å². The maximum Gasteiger partial charge on any atom is 0.175 e. The van der Waals surface area contributed by atoms with Gasteiger partial charge in [0.15, 0.2) is 11.5 Å². The molecule has 5 heteroatoms. The van der Waals surface area contributed by atoms with Gasteiger partial charge in [-0.2, -0.15) is 0 Å². The summed E-state index contributed by atoms with van der Waals surface area (Å²) < 4.78 is 17.6. The molecule has 1 aliphatic carbocycles. The maximum absolute atomic E-state index is 5.78. The zero-order valence-corrected chi connectivity index (χ0v) is 14.5. The fraction of sp³-hybridized carbons (Fsp3) is 0.625. The summed E-state index contributed by atoms with van der Waals surface area (Å²) in [6, 6.07) is 4.80. The Bertz CT molecular complexity index is 461. The average molecular weight is 358 g/mol. The number of hydrogen-bond donors (Lipinski definition) is 1. The fourth-order valence-electron chi connectivity index (χ4n) is 1.99. The molecule has 0 aliphatic heterocycles. The highest BCUT2D eigenvalue weighted by atomic mass is 79.9. The second-order valence-electron chi connectivity index (χ2n) is 5.53. The van der Waals surface area contributed by atoms with Crippen molar-refractivity contribution in [2.75, 3.05) is 20.3 Å². The van der Waals surface area contributed by atoms with E-state index in [0.29, 0.717) is 19.3 Å². The van der Waals surface area contributed by atoms with Gasteiger partial charge in [0, 0.05) is 12.6 Å². The summed E-state index contributed by atoms with van der Waals surface area (Å²) in [5, 5.41) is 3.50. The summed E-state index contributed by atoms with van der Waals surface area (Å²) in [6.45, 7) is 5.96. The van der Waals surface area contributed by atoms with Crippen molar-refractivity contribution in [2.24, 2.45) is 0 Å². The van der Waals surface area contributed by atoms with Crippen LogP contribution < -0.4 is 14.8 Å². The quantitative estimate of drug-likeness (QED) is 0.686. The first-order chi connectivity index (χ1) is 10.1. The lowest BCUT2D eigenvalue weighted by Crippen LogP contribution is -2.15. The lowest BCUT2D eigenvalue weighted by molar-refractivity contribution is 0.0545. The van der Waals surface area contributed by atoms with Crippen LogP contribution in [0.1, 0.15) is 32.3 Å². The molecular formula is C16H24BrNO3. The van der Waals surface area contributed by atoms with E-state index in [9.17, 15) is 0 Å². The van der Waals surface area contributed by atoms with E-state index in [-0.39, 0.29) is 6.10 Å². The summed E-state index contributed by atoms with van der Waals surface area (Å²) in [7, 11) is 1.66. The molecule has 1 fully saturated rings. The van der Waals surface area contributed by atoms with Gasteiger partial charge < -0.3 is 19.5 Å². The second-order valence-corrected chi connectivity index (χ2v) is 6.39. The molecule has 1 N–H and O–H groups in total. The molecular weight excluding hydrogens is 334 g/mol. The SMILES string of the molecule is COc1cc(CNC2CC2)cc(Br)c1OCCOC(C)C. The van der Waals surface area contributed by atoms with Crippen molar-refractivity contribution in [3.8, 4) is 11.5 Å². The molecule has 0 heterocycles. The van der Waals surface area contributed by atoms with Gasteiger partial charge in [-0.3, -0.25) is 0 Å². The Balaban J connectivity index is 1.95. The number of halogens is 1. The molecule has 0 bridgehead atoms. The topological polar surface area (TPSA) is 39.7 Å². The molecule has 0 aromatic heterocycles. The lowest BCUT2D eigenvalue weighted by atomic mass is 10.2. The molecule has 4 nitrogen and oxygen atoms in total. The van der Waals surface area contributed by atoms with E-state index in [1.54, 1.807) is 7.11 Å². The standard InChI is InChI=1S/C16H24BrNO3/c1-11(2)20-6-7-21-16-14(17)8-12(9-15(16)19-3)10-18-13-4-5-13/h8-9,11,13,18H,4-7,10H2,1-3H3. The Morgan fingerprint density at radius 2 is 2.05 bits per heavy atom. The van der Waals surface area contributed by atoms with Crippen LogP contribution in [0.15, 0.2) is 16.6 Å². The summed E-state index contributed by atoms with van der Waals surface area (Å²) >= 11 is 3.57. The number of hydrogen-bond acceptors (Lipinski definition) is 4. The summed E-state index contributed by atoms with van der Waals surface area (Å²) in [4.78, 5) is 0. The molecule has 0 atom stereocenters. The van der Waals surface area contributed by atoms with E-state index in [2.05, 4.69) is 27.3 Å². The molecule has 21 heavy (non-hydrogen) atoms. The van der Waals surface area contributed by atoms with Gasteiger partial charge in [0.2, 0.25) is 0 Å². The predicted molar refractivity (Wildman–Crippen MR) is 87.1 cm³/mol. The fourth-order valence-corrected chi connectivity index (χ4v) is 2.60. The molecule has 2 rings (SSSR count). The maximum atomic E-state index is 5.78. The number of ether oxygens (including phenoxy) is 3. The van der Waals surface area contributed by atoms with Gasteiger partial charge >= 0.3 is 0 Å². The van der Waals surface area contributed by atoms with Crippen LogP contribution in [0.5, 0.6) is 11.5 Å². The van der Waals surface area contributed by atoms with Crippen molar-refractivity contribution in [3.05, 3.63) is 22.2 Å². The van der Waals surface area contributed by atoms with Crippen LogP contribution in [-0.2, 0) is 11.3 Å². The normalized spacial score (nSPS) is 14.5. The van der Waals surface area contributed by atoms with Crippen LogP contribution in [0.2, 0.25) is 0 Å². The van der Waals surface area contributed by atoms with Crippen LogP contribution in [0.4, 0.5) is 0 Å². The Morgan fingerprint density at radius 1 is 1.29 bits per heavy atom. The van der Waals surface area contributed by atoms with E-state index in [0.717, 1.165) is 22.5 Å². The van der Waals surface area contributed by atoms with Crippen molar-refractivity contribution in [1.82, 2.24) is 5.32 Å². The molecule has 1 aromatic carbocycles. The van der Waals surface area contributed by atoms with Gasteiger partial charge in [-0.1, -0.05) is 0 Å².